The molecule has 26 heavy (non-hydrogen) atoms. The smallest absolute Gasteiger partial charge is 0.269 e. The van der Waals surface area contributed by atoms with Gasteiger partial charge in [-0.25, -0.2) is 8.78 Å². The van der Waals surface area contributed by atoms with Crippen molar-refractivity contribution in [2.24, 2.45) is 0 Å². The molecule has 0 atom stereocenters. The Bertz CT molecular complexity index is 986. The lowest BCUT2D eigenvalue weighted by atomic mass is 10.1. The quantitative estimate of drug-likeness (QED) is 0.278. The maximum atomic E-state index is 13.6. The van der Waals surface area contributed by atoms with Gasteiger partial charge in [0.05, 0.1) is 10.5 Å². The molecule has 0 saturated carbocycles. The number of benzene rings is 2. The number of allylic oxidation sites excluding steroid dienone is 1. The van der Waals surface area contributed by atoms with E-state index in [1.807, 2.05) is 0 Å². The molecule has 5 nitrogen and oxygen atoms in total. The van der Waals surface area contributed by atoms with Crippen molar-refractivity contribution in [1.29, 1.82) is 0 Å². The molecule has 0 aliphatic rings. The topological polar surface area (TPSA) is 73.3 Å². The summed E-state index contributed by atoms with van der Waals surface area (Å²) in [6.07, 6.45) is 2.31. The third-order valence-electron chi connectivity index (χ3n) is 3.60. The summed E-state index contributed by atoms with van der Waals surface area (Å²) in [5, 5.41) is 10.7. The molecule has 0 N–H and O–H groups in total. The van der Waals surface area contributed by atoms with Crippen molar-refractivity contribution in [3.63, 3.8) is 0 Å². The summed E-state index contributed by atoms with van der Waals surface area (Å²) in [5.41, 5.74) is -0.0643. The lowest BCUT2D eigenvalue weighted by Gasteiger charge is -1.99. The van der Waals surface area contributed by atoms with Crippen LogP contribution in [0.4, 0.5) is 14.5 Å². The summed E-state index contributed by atoms with van der Waals surface area (Å²) in [4.78, 5) is 22.1. The highest BCUT2D eigenvalue weighted by molar-refractivity contribution is 6.07. The summed E-state index contributed by atoms with van der Waals surface area (Å²) in [6.45, 7) is 0. The maximum absolute atomic E-state index is 13.6. The van der Waals surface area contributed by atoms with Crippen LogP contribution in [0.3, 0.4) is 0 Å². The van der Waals surface area contributed by atoms with Crippen molar-refractivity contribution in [1.82, 2.24) is 0 Å². The normalized spacial score (nSPS) is 11.0. The number of hydrogen-bond donors (Lipinski definition) is 0. The van der Waals surface area contributed by atoms with Crippen LogP contribution in [0.1, 0.15) is 16.1 Å². The molecule has 2 aromatic carbocycles. The van der Waals surface area contributed by atoms with Crippen molar-refractivity contribution < 1.29 is 22.9 Å². The fourth-order valence-corrected chi connectivity index (χ4v) is 2.32. The molecule has 0 amide bonds. The number of ketones is 1. The molecule has 0 spiro atoms. The highest BCUT2D eigenvalue weighted by atomic mass is 19.1. The zero-order valence-corrected chi connectivity index (χ0v) is 13.2. The Morgan fingerprint density at radius 2 is 1.65 bits per heavy atom. The summed E-state index contributed by atoms with van der Waals surface area (Å²) in [7, 11) is 0. The van der Waals surface area contributed by atoms with E-state index in [0.717, 1.165) is 18.2 Å². The van der Waals surface area contributed by atoms with E-state index in [0.29, 0.717) is 17.1 Å². The third-order valence-corrected chi connectivity index (χ3v) is 3.60. The average Bonchev–Trinajstić information content (AvgIpc) is 3.09. The van der Waals surface area contributed by atoms with Crippen LogP contribution in [0.15, 0.2) is 65.1 Å². The molecule has 130 valence electrons. The first-order valence-corrected chi connectivity index (χ1v) is 7.47. The van der Waals surface area contributed by atoms with Gasteiger partial charge in [0.1, 0.15) is 23.2 Å². The fraction of sp³-hybridized carbons (Fsp3) is 0. The zero-order valence-electron chi connectivity index (χ0n) is 13.2. The Kier molecular flexibility index (Phi) is 4.70. The molecule has 7 heteroatoms. The Hall–Kier alpha value is -3.61. The summed E-state index contributed by atoms with van der Waals surface area (Å²) < 4.78 is 32.7. The molecule has 0 aliphatic heterocycles. The number of nitrogens with zero attached hydrogens (tertiary/aromatic N) is 1. The average molecular weight is 355 g/mol. The number of rotatable bonds is 5. The SMILES string of the molecule is O=C(/C=C/c1ccc(-c2ccc([N+](=O)[O-])cc2)o1)c1c(F)cccc1F. The first-order chi connectivity index (χ1) is 12.5. The highest BCUT2D eigenvalue weighted by Gasteiger charge is 2.14. The van der Waals surface area contributed by atoms with E-state index >= 15 is 0 Å². The van der Waals surface area contributed by atoms with Gasteiger partial charge in [-0.1, -0.05) is 6.07 Å². The van der Waals surface area contributed by atoms with Crippen molar-refractivity contribution >= 4 is 17.5 Å². The molecule has 0 bridgehead atoms. The van der Waals surface area contributed by atoms with Crippen LogP contribution in [0.5, 0.6) is 0 Å². The fourth-order valence-electron chi connectivity index (χ4n) is 2.32. The number of nitro benzene ring substituents is 1. The zero-order chi connectivity index (χ0) is 18.7. The molecule has 0 fully saturated rings. The minimum Gasteiger partial charge on any atom is -0.457 e. The predicted molar refractivity (Wildman–Crippen MR) is 90.5 cm³/mol. The number of non-ortho nitro benzene ring substituents is 1. The molecule has 0 saturated heterocycles. The number of nitro groups is 1. The Labute approximate surface area is 146 Å². The molecule has 0 unspecified atom stereocenters. The van der Waals surface area contributed by atoms with Crippen LogP contribution in [-0.2, 0) is 0 Å². The van der Waals surface area contributed by atoms with Crippen LogP contribution < -0.4 is 0 Å². The Balaban J connectivity index is 1.79. The third kappa shape index (κ3) is 3.56. The van der Waals surface area contributed by atoms with Crippen molar-refractivity contribution in [2.45, 2.75) is 0 Å². The van der Waals surface area contributed by atoms with Crippen LogP contribution in [-0.4, -0.2) is 10.7 Å². The summed E-state index contributed by atoms with van der Waals surface area (Å²) in [6, 6.07) is 12.1. The monoisotopic (exact) mass is 355 g/mol. The lowest BCUT2D eigenvalue weighted by Crippen LogP contribution is -2.02. The van der Waals surface area contributed by atoms with Crippen LogP contribution in [0, 0.1) is 21.7 Å². The van der Waals surface area contributed by atoms with E-state index < -0.39 is 27.9 Å². The molecule has 1 aromatic heterocycles. The second-order valence-corrected chi connectivity index (χ2v) is 5.30. The van der Waals surface area contributed by atoms with E-state index in [-0.39, 0.29) is 5.69 Å². The molecule has 3 rings (SSSR count). The number of hydrogen-bond acceptors (Lipinski definition) is 4. The van der Waals surface area contributed by atoms with Gasteiger partial charge in [0.15, 0.2) is 5.78 Å². The number of halogens is 2. The van der Waals surface area contributed by atoms with E-state index in [4.69, 9.17) is 4.42 Å². The van der Waals surface area contributed by atoms with Crippen molar-refractivity contribution in [3.8, 4) is 11.3 Å². The molecule has 0 radical (unpaired) electrons. The second-order valence-electron chi connectivity index (χ2n) is 5.30. The van der Waals surface area contributed by atoms with Gasteiger partial charge in [0.25, 0.3) is 5.69 Å². The van der Waals surface area contributed by atoms with Crippen molar-refractivity contribution in [3.05, 3.63) is 93.7 Å². The van der Waals surface area contributed by atoms with Crippen molar-refractivity contribution in [2.75, 3.05) is 0 Å². The van der Waals surface area contributed by atoms with Gasteiger partial charge in [-0.05, 0) is 48.6 Å². The number of carbonyl (C=O) groups is 1. The highest BCUT2D eigenvalue weighted by Crippen LogP contribution is 2.25. The van der Waals surface area contributed by atoms with E-state index in [1.54, 1.807) is 12.1 Å². The molecule has 1 heterocycles. The van der Waals surface area contributed by atoms with E-state index in [2.05, 4.69) is 0 Å². The molecule has 0 aliphatic carbocycles. The summed E-state index contributed by atoms with van der Waals surface area (Å²) >= 11 is 0. The molecular formula is C19H11F2NO4. The van der Waals surface area contributed by atoms with Gasteiger partial charge in [-0.15, -0.1) is 0 Å². The first kappa shape index (κ1) is 17.2. The van der Waals surface area contributed by atoms with Gasteiger partial charge in [0.2, 0.25) is 0 Å². The van der Waals surface area contributed by atoms with Gasteiger partial charge >= 0.3 is 0 Å². The minimum absolute atomic E-state index is 0.0436. The Morgan fingerprint density at radius 3 is 2.27 bits per heavy atom. The van der Waals surface area contributed by atoms with E-state index in [1.165, 1.54) is 36.4 Å². The largest absolute Gasteiger partial charge is 0.457 e. The minimum atomic E-state index is -0.939. The van der Waals surface area contributed by atoms with E-state index in [9.17, 15) is 23.7 Å². The van der Waals surface area contributed by atoms with Crippen LogP contribution in [0.2, 0.25) is 0 Å². The van der Waals surface area contributed by atoms with Crippen LogP contribution in [0.25, 0.3) is 17.4 Å². The van der Waals surface area contributed by atoms with Gasteiger partial charge in [-0.3, -0.25) is 14.9 Å². The van der Waals surface area contributed by atoms with Crippen LogP contribution >= 0.6 is 0 Å². The second kappa shape index (κ2) is 7.10. The molecule has 3 aromatic rings. The molecular weight excluding hydrogens is 344 g/mol. The van der Waals surface area contributed by atoms with Gasteiger partial charge in [-0.2, -0.15) is 0 Å². The van der Waals surface area contributed by atoms with Gasteiger partial charge < -0.3 is 4.42 Å². The lowest BCUT2D eigenvalue weighted by molar-refractivity contribution is -0.384. The number of furan rings is 1. The first-order valence-electron chi connectivity index (χ1n) is 7.47. The maximum Gasteiger partial charge on any atom is 0.269 e. The number of carbonyl (C=O) groups excluding carboxylic acids is 1. The standard InChI is InChI=1S/C19H11F2NO4/c20-15-2-1-3-16(21)19(15)17(23)10-8-14-9-11-18(26-14)12-4-6-13(7-5-12)22(24)25/h1-11H/b10-8+. The summed E-state index contributed by atoms with van der Waals surface area (Å²) in [5.74, 6) is -1.97. The Morgan fingerprint density at radius 1 is 1.00 bits per heavy atom. The van der Waals surface area contributed by atoms with Gasteiger partial charge in [0, 0.05) is 17.7 Å². The predicted octanol–water partition coefficient (Wildman–Crippen LogP) is 5.03.